The number of methoxy groups -OCH3 is 1. The number of guanidine groups is 1. The number of para-hydroxylation sites is 1. The Kier molecular flexibility index (Phi) is 7.08. The lowest BCUT2D eigenvalue weighted by Crippen LogP contribution is -2.59. The number of nitrogens with one attached hydrogen (secondary N) is 3. The lowest BCUT2D eigenvalue weighted by molar-refractivity contribution is 0.0912. The molecule has 0 saturated heterocycles. The number of nitriles is 1. The zero-order chi connectivity index (χ0) is 22.3. The third kappa shape index (κ3) is 5.12. The van der Waals surface area contributed by atoms with Gasteiger partial charge in [-0.15, -0.1) is 4.99 Å². The number of halogens is 1. The van der Waals surface area contributed by atoms with Crippen LogP contribution in [0.3, 0.4) is 0 Å². The van der Waals surface area contributed by atoms with Crippen LogP contribution in [-0.2, 0) is 5.41 Å². The Labute approximate surface area is 181 Å². The fourth-order valence-electron chi connectivity index (χ4n) is 4.00. The van der Waals surface area contributed by atoms with Gasteiger partial charge < -0.3 is 20.7 Å². The maximum Gasteiger partial charge on any atom is 0.255 e. The first kappa shape index (κ1) is 22.1. The van der Waals surface area contributed by atoms with Crippen LogP contribution in [0.15, 0.2) is 53.5 Å². The van der Waals surface area contributed by atoms with E-state index in [4.69, 9.17) is 10.00 Å². The molecule has 1 fully saturated rings. The largest absolute Gasteiger partial charge is 0.496 e. The SMILES string of the molecule is CCN/C(=N\C#N)NC1CC(CNC(=O)c2ccccc2OC)(c2cccc(F)c2)C1. The maximum atomic E-state index is 13.9. The summed E-state index contributed by atoms with van der Waals surface area (Å²) in [7, 11) is 1.52. The molecule has 1 aliphatic carbocycles. The van der Waals surface area contributed by atoms with Crippen LogP contribution in [0, 0.1) is 17.3 Å². The highest BCUT2D eigenvalue weighted by molar-refractivity contribution is 5.97. The number of benzene rings is 2. The molecular weight excluding hydrogens is 397 g/mol. The fraction of sp³-hybridized carbons (Fsp3) is 0.348. The molecule has 0 aliphatic heterocycles. The minimum absolute atomic E-state index is 0.0394. The Morgan fingerprint density at radius 3 is 2.71 bits per heavy atom. The molecule has 3 rings (SSSR count). The van der Waals surface area contributed by atoms with Gasteiger partial charge >= 0.3 is 0 Å². The summed E-state index contributed by atoms with van der Waals surface area (Å²) in [5.74, 6) is 0.351. The quantitative estimate of drug-likeness (QED) is 0.361. The standard InChI is InChI=1S/C23H26FN5O2/c1-3-26-22(28-15-25)29-18-12-23(13-18,16-7-6-8-17(24)11-16)14-27-21(30)19-9-4-5-10-20(19)31-2/h4-11,18H,3,12-14H2,1-2H3,(H,27,30)(H2,26,28,29). The molecule has 1 amide bonds. The maximum absolute atomic E-state index is 13.9. The zero-order valence-electron chi connectivity index (χ0n) is 17.6. The molecule has 0 aromatic heterocycles. The van der Waals surface area contributed by atoms with Gasteiger partial charge in [-0.1, -0.05) is 24.3 Å². The molecule has 0 bridgehead atoms. The summed E-state index contributed by atoms with van der Waals surface area (Å²) in [6, 6.07) is 13.5. The van der Waals surface area contributed by atoms with Crippen molar-refractivity contribution in [1.29, 1.82) is 5.26 Å². The number of amides is 1. The molecule has 0 heterocycles. The van der Waals surface area contributed by atoms with Crippen molar-refractivity contribution in [3.8, 4) is 11.9 Å². The van der Waals surface area contributed by atoms with E-state index in [9.17, 15) is 9.18 Å². The molecule has 8 heteroatoms. The second kappa shape index (κ2) is 9.94. The third-order valence-electron chi connectivity index (χ3n) is 5.50. The van der Waals surface area contributed by atoms with E-state index in [1.807, 2.05) is 13.0 Å². The molecule has 0 radical (unpaired) electrons. The Bertz CT molecular complexity index is 995. The van der Waals surface area contributed by atoms with E-state index in [1.165, 1.54) is 19.2 Å². The summed E-state index contributed by atoms with van der Waals surface area (Å²) >= 11 is 0. The average molecular weight is 423 g/mol. The third-order valence-corrected chi connectivity index (χ3v) is 5.50. The predicted octanol–water partition coefficient (Wildman–Crippen LogP) is 2.70. The van der Waals surface area contributed by atoms with Crippen LogP contribution in [0.5, 0.6) is 5.75 Å². The van der Waals surface area contributed by atoms with E-state index < -0.39 is 5.41 Å². The number of nitrogens with zero attached hydrogens (tertiary/aromatic N) is 2. The smallest absolute Gasteiger partial charge is 0.255 e. The molecule has 2 aromatic carbocycles. The first-order valence-electron chi connectivity index (χ1n) is 10.2. The minimum Gasteiger partial charge on any atom is -0.496 e. The van der Waals surface area contributed by atoms with Gasteiger partial charge in [0.2, 0.25) is 12.2 Å². The van der Waals surface area contributed by atoms with Gasteiger partial charge in [0, 0.05) is 24.5 Å². The van der Waals surface area contributed by atoms with Gasteiger partial charge in [-0.2, -0.15) is 5.26 Å². The van der Waals surface area contributed by atoms with Gasteiger partial charge in [-0.05, 0) is 49.6 Å². The van der Waals surface area contributed by atoms with Crippen LogP contribution >= 0.6 is 0 Å². The van der Waals surface area contributed by atoms with Crippen molar-refractivity contribution in [2.75, 3.05) is 20.2 Å². The second-order valence-electron chi connectivity index (χ2n) is 7.51. The number of carbonyl (C=O) groups is 1. The van der Waals surface area contributed by atoms with Crippen molar-refractivity contribution in [1.82, 2.24) is 16.0 Å². The highest BCUT2D eigenvalue weighted by Gasteiger charge is 2.46. The van der Waals surface area contributed by atoms with Gasteiger partial charge in [0.1, 0.15) is 11.6 Å². The summed E-state index contributed by atoms with van der Waals surface area (Å²) in [4.78, 5) is 16.6. The molecule has 162 valence electrons. The van der Waals surface area contributed by atoms with Crippen molar-refractivity contribution in [2.24, 2.45) is 4.99 Å². The van der Waals surface area contributed by atoms with Gasteiger partial charge in [0.25, 0.3) is 5.91 Å². The predicted molar refractivity (Wildman–Crippen MR) is 116 cm³/mol. The average Bonchev–Trinajstić information content (AvgIpc) is 2.75. The molecule has 31 heavy (non-hydrogen) atoms. The highest BCUT2D eigenvalue weighted by Crippen LogP contribution is 2.43. The van der Waals surface area contributed by atoms with Crippen molar-refractivity contribution in [2.45, 2.75) is 31.2 Å². The minimum atomic E-state index is -0.429. The Balaban J connectivity index is 1.75. The van der Waals surface area contributed by atoms with Gasteiger partial charge in [0.05, 0.1) is 12.7 Å². The van der Waals surface area contributed by atoms with Crippen LogP contribution in [-0.4, -0.2) is 38.1 Å². The van der Waals surface area contributed by atoms with E-state index in [-0.39, 0.29) is 17.8 Å². The van der Waals surface area contributed by atoms with Crippen LogP contribution < -0.4 is 20.7 Å². The lowest BCUT2D eigenvalue weighted by atomic mass is 9.61. The molecule has 7 nitrogen and oxygen atoms in total. The van der Waals surface area contributed by atoms with Crippen LogP contribution in [0.1, 0.15) is 35.7 Å². The topological polar surface area (TPSA) is 98.5 Å². The van der Waals surface area contributed by atoms with Crippen molar-refractivity contribution >= 4 is 11.9 Å². The Morgan fingerprint density at radius 2 is 2.03 bits per heavy atom. The van der Waals surface area contributed by atoms with Crippen LogP contribution in [0.25, 0.3) is 0 Å². The normalized spacial score (nSPS) is 20.2. The zero-order valence-corrected chi connectivity index (χ0v) is 17.6. The molecular formula is C23H26FN5O2. The van der Waals surface area contributed by atoms with E-state index in [0.717, 1.165) is 5.56 Å². The van der Waals surface area contributed by atoms with E-state index in [2.05, 4.69) is 20.9 Å². The van der Waals surface area contributed by atoms with E-state index in [1.54, 1.807) is 36.5 Å². The van der Waals surface area contributed by atoms with Crippen molar-refractivity contribution in [3.63, 3.8) is 0 Å². The molecule has 3 N–H and O–H groups in total. The number of carbonyl (C=O) groups excluding carboxylic acids is 1. The number of ether oxygens (including phenoxy) is 1. The van der Waals surface area contributed by atoms with E-state index >= 15 is 0 Å². The number of aliphatic imine (C=N–C) groups is 1. The summed E-state index contributed by atoms with van der Waals surface area (Å²) in [6.45, 7) is 2.89. The lowest BCUT2D eigenvalue weighted by Gasteiger charge is -2.48. The Morgan fingerprint density at radius 1 is 1.26 bits per heavy atom. The van der Waals surface area contributed by atoms with Gasteiger partial charge in [-0.3, -0.25) is 4.79 Å². The highest BCUT2D eigenvalue weighted by atomic mass is 19.1. The number of hydrogen-bond donors (Lipinski definition) is 3. The van der Waals surface area contributed by atoms with Gasteiger partial charge in [0.15, 0.2) is 0 Å². The first-order valence-corrected chi connectivity index (χ1v) is 10.2. The molecule has 0 unspecified atom stereocenters. The number of rotatable bonds is 7. The van der Waals surface area contributed by atoms with Crippen molar-refractivity contribution in [3.05, 3.63) is 65.5 Å². The van der Waals surface area contributed by atoms with E-state index in [0.29, 0.717) is 43.2 Å². The molecule has 1 aliphatic rings. The van der Waals surface area contributed by atoms with Gasteiger partial charge in [-0.25, -0.2) is 4.39 Å². The first-order chi connectivity index (χ1) is 15.0. The summed E-state index contributed by atoms with van der Waals surface area (Å²) < 4.78 is 19.2. The summed E-state index contributed by atoms with van der Waals surface area (Å²) in [5, 5.41) is 18.1. The van der Waals surface area contributed by atoms with Crippen LogP contribution in [0.2, 0.25) is 0 Å². The molecule has 0 spiro atoms. The van der Waals surface area contributed by atoms with Crippen LogP contribution in [0.4, 0.5) is 4.39 Å². The fourth-order valence-corrected chi connectivity index (χ4v) is 4.00. The summed E-state index contributed by atoms with van der Waals surface area (Å²) in [6.07, 6.45) is 3.08. The molecule has 1 saturated carbocycles. The Hall–Kier alpha value is -3.60. The summed E-state index contributed by atoms with van der Waals surface area (Å²) in [5.41, 5.74) is 0.846. The number of hydrogen-bond acceptors (Lipinski definition) is 4. The molecule has 2 aromatic rings. The monoisotopic (exact) mass is 423 g/mol. The molecule has 0 atom stereocenters. The van der Waals surface area contributed by atoms with Crippen molar-refractivity contribution < 1.29 is 13.9 Å². The second-order valence-corrected chi connectivity index (χ2v) is 7.51.